The Kier molecular flexibility index (Phi) is 6.23. The van der Waals surface area contributed by atoms with Crippen LogP contribution in [0.1, 0.15) is 44.4 Å². The number of hydrogen-bond acceptors (Lipinski definition) is 8. The lowest BCUT2D eigenvalue weighted by atomic mass is 9.95. The molecular weight excluding hydrogens is 548 g/mol. The Balaban J connectivity index is 1.64. The highest BCUT2D eigenvalue weighted by atomic mass is 79.9. The Bertz CT molecular complexity index is 1540. The minimum absolute atomic E-state index is 0.00470. The number of nitrogens with zero attached hydrogens (tertiary/aromatic N) is 2. The van der Waals surface area contributed by atoms with Gasteiger partial charge in [-0.2, -0.15) is 0 Å². The monoisotopic (exact) mass is 566 g/mol. The zero-order valence-corrected chi connectivity index (χ0v) is 21.6. The number of aryl methyl sites for hydroxylation is 1. The summed E-state index contributed by atoms with van der Waals surface area (Å²) in [6, 6.07) is 14.8. The highest BCUT2D eigenvalue weighted by Gasteiger charge is 2.47. The van der Waals surface area contributed by atoms with E-state index in [4.69, 9.17) is 9.15 Å². The van der Waals surface area contributed by atoms with Gasteiger partial charge in [-0.25, -0.2) is 9.78 Å². The highest BCUT2D eigenvalue weighted by molar-refractivity contribution is 9.10. The average molecular weight is 567 g/mol. The fourth-order valence-electron chi connectivity index (χ4n) is 4.12. The van der Waals surface area contributed by atoms with Gasteiger partial charge in [0.05, 0.1) is 23.9 Å². The van der Waals surface area contributed by atoms with Gasteiger partial charge in [0.2, 0.25) is 5.78 Å². The van der Waals surface area contributed by atoms with Crippen LogP contribution in [0, 0.1) is 6.92 Å². The largest absolute Gasteiger partial charge is 0.503 e. The summed E-state index contributed by atoms with van der Waals surface area (Å²) in [6.07, 6.45) is 0. The molecule has 0 saturated heterocycles. The molecule has 2 aromatic carbocycles. The Hall–Kier alpha value is -3.76. The summed E-state index contributed by atoms with van der Waals surface area (Å²) in [6.45, 7) is 3.52. The van der Waals surface area contributed by atoms with E-state index >= 15 is 0 Å². The van der Waals surface area contributed by atoms with Crippen LogP contribution in [0.15, 0.2) is 74.8 Å². The number of amides is 1. The van der Waals surface area contributed by atoms with Crippen molar-refractivity contribution in [1.82, 2.24) is 4.98 Å². The molecule has 1 N–H and O–H groups in total. The summed E-state index contributed by atoms with van der Waals surface area (Å²) in [5.41, 5.74) is 1.32. The number of fused-ring (bicyclic) bond motifs is 1. The van der Waals surface area contributed by atoms with Crippen molar-refractivity contribution >= 4 is 61.0 Å². The fourth-order valence-corrected chi connectivity index (χ4v) is 5.53. The molecular formula is C26H19BrN2O6S. The second kappa shape index (κ2) is 9.36. The number of halogens is 1. The third-order valence-electron chi connectivity index (χ3n) is 5.72. The van der Waals surface area contributed by atoms with Crippen molar-refractivity contribution in [2.45, 2.75) is 19.9 Å². The lowest BCUT2D eigenvalue weighted by molar-refractivity contribution is -0.117. The second-order valence-electron chi connectivity index (χ2n) is 8.00. The summed E-state index contributed by atoms with van der Waals surface area (Å²) < 4.78 is 11.6. The number of anilines is 1. The number of furan rings is 1. The Morgan fingerprint density at radius 1 is 1.19 bits per heavy atom. The maximum atomic E-state index is 13.7. The second-order valence-corrected chi connectivity index (χ2v) is 9.90. The summed E-state index contributed by atoms with van der Waals surface area (Å²) in [7, 11) is 0. The molecule has 36 heavy (non-hydrogen) atoms. The van der Waals surface area contributed by atoms with Crippen molar-refractivity contribution in [2.24, 2.45) is 0 Å². The quantitative estimate of drug-likeness (QED) is 0.228. The minimum atomic E-state index is -1.00. The first-order valence-corrected chi connectivity index (χ1v) is 12.6. The number of thiazole rings is 1. The van der Waals surface area contributed by atoms with Crippen LogP contribution in [0.2, 0.25) is 0 Å². The van der Waals surface area contributed by atoms with Crippen molar-refractivity contribution in [2.75, 3.05) is 11.5 Å². The summed E-state index contributed by atoms with van der Waals surface area (Å²) in [5.74, 6) is -2.68. The van der Waals surface area contributed by atoms with E-state index in [0.717, 1.165) is 21.2 Å². The molecule has 1 atom stereocenters. The van der Waals surface area contributed by atoms with Crippen LogP contribution in [0.25, 0.3) is 11.0 Å². The van der Waals surface area contributed by atoms with E-state index in [1.807, 2.05) is 6.07 Å². The van der Waals surface area contributed by atoms with E-state index < -0.39 is 29.5 Å². The molecule has 5 rings (SSSR count). The van der Waals surface area contributed by atoms with Crippen LogP contribution in [0.3, 0.4) is 0 Å². The Morgan fingerprint density at radius 2 is 1.97 bits per heavy atom. The predicted molar refractivity (Wildman–Crippen MR) is 137 cm³/mol. The summed E-state index contributed by atoms with van der Waals surface area (Å²) in [4.78, 5) is 45.4. The number of esters is 1. The van der Waals surface area contributed by atoms with Crippen molar-refractivity contribution in [3.05, 3.63) is 92.3 Å². The molecule has 8 nitrogen and oxygen atoms in total. The molecule has 3 heterocycles. The summed E-state index contributed by atoms with van der Waals surface area (Å²) in [5, 5.41) is 11.8. The van der Waals surface area contributed by atoms with Gasteiger partial charge >= 0.3 is 5.97 Å². The van der Waals surface area contributed by atoms with Crippen LogP contribution in [-0.2, 0) is 9.53 Å². The lowest BCUT2D eigenvalue weighted by Crippen LogP contribution is -2.31. The minimum Gasteiger partial charge on any atom is -0.503 e. The topological polar surface area (TPSA) is 110 Å². The van der Waals surface area contributed by atoms with E-state index in [1.54, 1.807) is 62.4 Å². The number of carbonyl (C=O) groups excluding carboxylic acids is 3. The van der Waals surface area contributed by atoms with Gasteiger partial charge < -0.3 is 14.3 Å². The molecule has 0 radical (unpaired) electrons. The molecule has 10 heteroatoms. The first-order valence-electron chi connectivity index (χ1n) is 11.0. The van der Waals surface area contributed by atoms with Gasteiger partial charge in [-0.3, -0.25) is 14.5 Å². The van der Waals surface area contributed by atoms with Gasteiger partial charge in [0.1, 0.15) is 10.5 Å². The first-order chi connectivity index (χ1) is 17.3. The van der Waals surface area contributed by atoms with Crippen molar-refractivity contribution in [1.29, 1.82) is 0 Å². The smallest absolute Gasteiger partial charge is 0.350 e. The van der Waals surface area contributed by atoms with E-state index in [1.165, 1.54) is 4.90 Å². The van der Waals surface area contributed by atoms with Crippen LogP contribution in [0.4, 0.5) is 5.13 Å². The summed E-state index contributed by atoms with van der Waals surface area (Å²) >= 11 is 4.40. The SMILES string of the molecule is CCOC(=O)c1sc(N2C(=O)C(O)=C(C(=O)c3cc4ccccc4o3)C2c2cccc(Br)c2)nc1C. The third-order valence-corrected chi connectivity index (χ3v) is 7.35. The zero-order valence-electron chi connectivity index (χ0n) is 19.1. The highest BCUT2D eigenvalue weighted by Crippen LogP contribution is 2.44. The van der Waals surface area contributed by atoms with E-state index in [0.29, 0.717) is 16.8 Å². The van der Waals surface area contributed by atoms with Crippen LogP contribution in [-0.4, -0.2) is 34.4 Å². The lowest BCUT2D eigenvalue weighted by Gasteiger charge is -2.24. The molecule has 182 valence electrons. The number of rotatable bonds is 6. The van der Waals surface area contributed by atoms with Gasteiger partial charge in [-0.05, 0) is 43.7 Å². The van der Waals surface area contributed by atoms with Gasteiger partial charge in [0.15, 0.2) is 16.7 Å². The van der Waals surface area contributed by atoms with Gasteiger partial charge in [0, 0.05) is 9.86 Å². The number of Topliss-reactive ketones (excluding diaryl/α,β-unsaturated/α-hetero) is 1. The van der Waals surface area contributed by atoms with Crippen molar-refractivity contribution in [3.8, 4) is 0 Å². The first kappa shape index (κ1) is 24.0. The Labute approximate surface area is 217 Å². The molecule has 1 amide bonds. The number of aliphatic hydroxyl groups excluding tert-OH is 1. The van der Waals surface area contributed by atoms with E-state index in [-0.39, 0.29) is 27.9 Å². The number of ketones is 1. The van der Waals surface area contributed by atoms with Crippen molar-refractivity contribution < 1.29 is 28.6 Å². The van der Waals surface area contributed by atoms with Crippen LogP contribution >= 0.6 is 27.3 Å². The maximum absolute atomic E-state index is 13.7. The number of aliphatic hydroxyl groups is 1. The molecule has 0 aliphatic carbocycles. The number of aromatic nitrogens is 1. The molecule has 0 saturated carbocycles. The van der Waals surface area contributed by atoms with Gasteiger partial charge in [-0.1, -0.05) is 57.6 Å². The van der Waals surface area contributed by atoms with Gasteiger partial charge in [0.25, 0.3) is 5.91 Å². The number of benzene rings is 2. The van der Waals surface area contributed by atoms with Gasteiger partial charge in [-0.15, -0.1) is 0 Å². The fraction of sp³-hybridized carbons (Fsp3) is 0.154. The third kappa shape index (κ3) is 4.02. The van der Waals surface area contributed by atoms with Crippen molar-refractivity contribution in [3.63, 3.8) is 0 Å². The van der Waals surface area contributed by atoms with Crippen LogP contribution in [0.5, 0.6) is 0 Å². The molecule has 2 aromatic heterocycles. The number of hydrogen-bond donors (Lipinski definition) is 1. The molecule has 0 fully saturated rings. The molecule has 1 aliphatic rings. The van der Waals surface area contributed by atoms with E-state index in [9.17, 15) is 19.5 Å². The number of para-hydroxylation sites is 1. The molecule has 0 spiro atoms. The Morgan fingerprint density at radius 3 is 2.69 bits per heavy atom. The van der Waals surface area contributed by atoms with E-state index in [2.05, 4.69) is 20.9 Å². The molecule has 4 aromatic rings. The maximum Gasteiger partial charge on any atom is 0.350 e. The van der Waals surface area contributed by atoms with Crippen LogP contribution < -0.4 is 4.90 Å². The number of carbonyl (C=O) groups is 3. The molecule has 0 bridgehead atoms. The standard InChI is InChI=1S/C26H19BrN2O6S/c1-3-34-25(33)23-13(2)28-26(36-23)29-20(15-8-6-9-16(27)11-15)19(22(31)24(29)32)21(30)18-12-14-7-4-5-10-17(14)35-18/h4-12,20,31H,3H2,1-2H3. The zero-order chi connectivity index (χ0) is 25.6. The number of ether oxygens (including phenoxy) is 1. The normalized spacial score (nSPS) is 15.7. The molecule has 1 unspecified atom stereocenters. The average Bonchev–Trinajstić information content (AvgIpc) is 3.53. The predicted octanol–water partition coefficient (Wildman–Crippen LogP) is 5.92. The molecule has 1 aliphatic heterocycles.